The Hall–Kier alpha value is -2.25. The predicted molar refractivity (Wildman–Crippen MR) is 121 cm³/mol. The summed E-state index contributed by atoms with van der Waals surface area (Å²) in [5.74, 6) is -2.98. The molecule has 4 atom stereocenters. The molecular weight excluding hydrogens is 444 g/mol. The molecule has 1 rings (SSSR count). The molecule has 0 aliphatic carbocycles. The molecule has 0 fully saturated rings. The zero-order valence-corrected chi connectivity index (χ0v) is 19.2. The normalized spacial score (nSPS) is 14.9. The maximum absolute atomic E-state index is 12.7. The molecule has 7 N–H and O–H groups in total. The molecule has 1 aromatic heterocycles. The first-order chi connectivity index (χ1) is 14.6. The first-order valence-electron chi connectivity index (χ1n) is 9.67. The number of imidazole rings is 1. The number of nitrogens with two attached hydrogens (primary N) is 1. The summed E-state index contributed by atoms with van der Waals surface area (Å²) in [4.78, 5) is 55.5. The summed E-state index contributed by atoms with van der Waals surface area (Å²) >= 11 is 8.06. The number of carboxylic acids is 1. The van der Waals surface area contributed by atoms with Gasteiger partial charge in [-0.2, -0.15) is 25.3 Å². The fourth-order valence-electron chi connectivity index (χ4n) is 2.62. The molecule has 4 unspecified atom stereocenters. The Bertz CT molecular complexity index is 746. The van der Waals surface area contributed by atoms with Gasteiger partial charge in [-0.3, -0.25) is 14.4 Å². The first-order valence-corrected chi connectivity index (χ1v) is 10.9. The van der Waals surface area contributed by atoms with E-state index in [-0.39, 0.29) is 23.8 Å². The molecular formula is C18H30N6O5S2. The van der Waals surface area contributed by atoms with Gasteiger partial charge < -0.3 is 31.8 Å². The fraction of sp³-hybridized carbons (Fsp3) is 0.611. The lowest BCUT2D eigenvalue weighted by molar-refractivity contribution is -0.142. The Labute approximate surface area is 191 Å². The van der Waals surface area contributed by atoms with Crippen LogP contribution in [0.4, 0.5) is 0 Å². The number of hydrogen-bond acceptors (Lipinski definition) is 8. The SMILES string of the molecule is CC(C)CC(NC(=O)C(N)CS)C(=O)NC(CS)C(=O)NC(Cc1cnc[nH]1)C(=O)O. The Morgan fingerprint density at radius 2 is 1.61 bits per heavy atom. The lowest BCUT2D eigenvalue weighted by Crippen LogP contribution is -2.58. The molecule has 13 heteroatoms. The lowest BCUT2D eigenvalue weighted by Gasteiger charge is -2.25. The van der Waals surface area contributed by atoms with Gasteiger partial charge in [0.25, 0.3) is 0 Å². The van der Waals surface area contributed by atoms with E-state index in [2.05, 4.69) is 51.2 Å². The summed E-state index contributed by atoms with van der Waals surface area (Å²) in [6.07, 6.45) is 3.15. The summed E-state index contributed by atoms with van der Waals surface area (Å²) < 4.78 is 0. The van der Waals surface area contributed by atoms with E-state index in [4.69, 9.17) is 5.73 Å². The number of aromatic nitrogens is 2. The molecule has 0 aromatic carbocycles. The standard InChI is InChI=1S/C18H30N6O5S2/c1-9(2)3-12(22-15(25)11(19)6-30)16(26)24-14(7-31)17(27)23-13(18(28)29)4-10-5-20-8-21-10/h5,8-9,11-14,30-31H,3-4,6-7,19H2,1-2H3,(H,20,21)(H,22,25)(H,23,27)(H,24,26)(H,28,29). The fourth-order valence-corrected chi connectivity index (χ4v) is 3.04. The molecule has 0 aliphatic heterocycles. The third-order valence-electron chi connectivity index (χ3n) is 4.28. The average Bonchev–Trinajstić information content (AvgIpc) is 3.22. The van der Waals surface area contributed by atoms with Crippen molar-refractivity contribution in [2.24, 2.45) is 11.7 Å². The van der Waals surface area contributed by atoms with Crippen LogP contribution in [-0.4, -0.2) is 74.4 Å². The number of carboxylic acid groups (broad SMARTS) is 1. The molecule has 0 bridgehead atoms. The summed E-state index contributed by atoms with van der Waals surface area (Å²) in [5.41, 5.74) is 6.18. The summed E-state index contributed by atoms with van der Waals surface area (Å²) in [7, 11) is 0. The van der Waals surface area contributed by atoms with Crippen LogP contribution in [-0.2, 0) is 25.6 Å². The second-order valence-corrected chi connectivity index (χ2v) is 8.13. The number of aliphatic carboxylic acids is 1. The van der Waals surface area contributed by atoms with Crippen LogP contribution < -0.4 is 21.7 Å². The van der Waals surface area contributed by atoms with Crippen LogP contribution in [0, 0.1) is 5.92 Å². The largest absolute Gasteiger partial charge is 0.480 e. The van der Waals surface area contributed by atoms with Gasteiger partial charge in [0.1, 0.15) is 18.1 Å². The minimum Gasteiger partial charge on any atom is -0.480 e. The summed E-state index contributed by atoms with van der Waals surface area (Å²) in [5, 5.41) is 16.9. The number of carbonyl (C=O) groups excluding carboxylic acids is 3. The van der Waals surface area contributed by atoms with E-state index in [9.17, 15) is 24.3 Å². The van der Waals surface area contributed by atoms with Crippen LogP contribution in [0.1, 0.15) is 26.0 Å². The van der Waals surface area contributed by atoms with Crippen LogP contribution in [0.5, 0.6) is 0 Å². The number of thiol groups is 2. The Morgan fingerprint density at radius 1 is 1.03 bits per heavy atom. The van der Waals surface area contributed by atoms with Crippen LogP contribution in [0.15, 0.2) is 12.5 Å². The number of rotatable bonds is 13. The van der Waals surface area contributed by atoms with Crippen LogP contribution in [0.25, 0.3) is 0 Å². The third-order valence-corrected chi connectivity index (χ3v) is 5.04. The van der Waals surface area contributed by atoms with E-state index in [0.29, 0.717) is 12.1 Å². The molecule has 0 saturated carbocycles. The highest BCUT2D eigenvalue weighted by atomic mass is 32.1. The number of amides is 3. The molecule has 0 saturated heterocycles. The number of nitrogens with zero attached hydrogens (tertiary/aromatic N) is 1. The average molecular weight is 475 g/mol. The molecule has 0 radical (unpaired) electrons. The zero-order chi connectivity index (χ0) is 23.6. The summed E-state index contributed by atoms with van der Waals surface area (Å²) in [6, 6.07) is -4.14. The van der Waals surface area contributed by atoms with Gasteiger partial charge in [0.2, 0.25) is 17.7 Å². The molecule has 1 heterocycles. The lowest BCUT2D eigenvalue weighted by atomic mass is 10.0. The monoisotopic (exact) mass is 474 g/mol. The Kier molecular flexibility index (Phi) is 11.4. The van der Waals surface area contributed by atoms with Crippen molar-refractivity contribution in [1.82, 2.24) is 25.9 Å². The second kappa shape index (κ2) is 13.2. The molecule has 0 spiro atoms. The van der Waals surface area contributed by atoms with Crippen molar-refractivity contribution in [3.05, 3.63) is 18.2 Å². The first kappa shape index (κ1) is 26.8. The van der Waals surface area contributed by atoms with Crippen molar-refractivity contribution in [2.45, 2.75) is 50.9 Å². The van der Waals surface area contributed by atoms with Gasteiger partial charge in [0.05, 0.1) is 12.4 Å². The number of carbonyl (C=O) groups is 4. The number of aromatic amines is 1. The second-order valence-electron chi connectivity index (χ2n) is 7.40. The maximum atomic E-state index is 12.7. The van der Waals surface area contributed by atoms with Gasteiger partial charge in [-0.25, -0.2) is 9.78 Å². The number of hydrogen-bond donors (Lipinski definition) is 8. The van der Waals surface area contributed by atoms with Gasteiger partial charge in [0, 0.05) is 29.8 Å². The van der Waals surface area contributed by atoms with E-state index in [1.54, 1.807) is 0 Å². The Morgan fingerprint density at radius 3 is 2.10 bits per heavy atom. The van der Waals surface area contributed by atoms with E-state index in [1.165, 1.54) is 12.5 Å². The molecule has 0 aliphatic rings. The predicted octanol–water partition coefficient (Wildman–Crippen LogP) is -1.28. The van der Waals surface area contributed by atoms with Crippen LogP contribution >= 0.6 is 25.3 Å². The molecule has 3 amide bonds. The third kappa shape index (κ3) is 9.19. The van der Waals surface area contributed by atoms with Crippen molar-refractivity contribution < 1.29 is 24.3 Å². The van der Waals surface area contributed by atoms with Crippen LogP contribution in [0.2, 0.25) is 0 Å². The molecule has 31 heavy (non-hydrogen) atoms. The van der Waals surface area contributed by atoms with Gasteiger partial charge >= 0.3 is 5.97 Å². The van der Waals surface area contributed by atoms with E-state index < -0.39 is 47.9 Å². The minimum atomic E-state index is -1.24. The van der Waals surface area contributed by atoms with E-state index >= 15 is 0 Å². The van der Waals surface area contributed by atoms with Crippen molar-refractivity contribution >= 4 is 48.9 Å². The smallest absolute Gasteiger partial charge is 0.326 e. The highest BCUT2D eigenvalue weighted by Gasteiger charge is 2.30. The van der Waals surface area contributed by atoms with Gasteiger partial charge in [0.15, 0.2) is 0 Å². The highest BCUT2D eigenvalue weighted by Crippen LogP contribution is 2.07. The van der Waals surface area contributed by atoms with Crippen molar-refractivity contribution in [1.29, 1.82) is 0 Å². The van der Waals surface area contributed by atoms with Crippen molar-refractivity contribution in [2.75, 3.05) is 11.5 Å². The van der Waals surface area contributed by atoms with Gasteiger partial charge in [-0.1, -0.05) is 13.8 Å². The zero-order valence-electron chi connectivity index (χ0n) is 17.4. The van der Waals surface area contributed by atoms with E-state index in [0.717, 1.165) is 0 Å². The van der Waals surface area contributed by atoms with Crippen molar-refractivity contribution in [3.8, 4) is 0 Å². The van der Waals surface area contributed by atoms with E-state index in [1.807, 2.05) is 13.8 Å². The summed E-state index contributed by atoms with van der Waals surface area (Å²) in [6.45, 7) is 3.75. The maximum Gasteiger partial charge on any atom is 0.326 e. The van der Waals surface area contributed by atoms with Crippen molar-refractivity contribution in [3.63, 3.8) is 0 Å². The van der Waals surface area contributed by atoms with Gasteiger partial charge in [-0.05, 0) is 12.3 Å². The molecule has 174 valence electrons. The highest BCUT2D eigenvalue weighted by molar-refractivity contribution is 7.80. The number of H-pyrrole nitrogens is 1. The van der Waals surface area contributed by atoms with Gasteiger partial charge in [-0.15, -0.1) is 0 Å². The molecule has 1 aromatic rings. The number of nitrogens with one attached hydrogen (secondary N) is 4. The minimum absolute atomic E-state index is 0.0119. The quantitative estimate of drug-likeness (QED) is 0.164. The Balaban J connectivity index is 2.83. The van der Waals surface area contributed by atoms with Crippen LogP contribution in [0.3, 0.4) is 0 Å². The molecule has 11 nitrogen and oxygen atoms in total. The topological polar surface area (TPSA) is 179 Å².